The van der Waals surface area contributed by atoms with Gasteiger partial charge in [0, 0.05) is 24.5 Å². The summed E-state index contributed by atoms with van der Waals surface area (Å²) in [6.07, 6.45) is 5.47. The monoisotopic (exact) mass is 341 g/mol. The van der Waals surface area contributed by atoms with E-state index in [1.165, 1.54) is 0 Å². The van der Waals surface area contributed by atoms with Gasteiger partial charge in [0.25, 0.3) is 5.91 Å². The highest BCUT2D eigenvalue weighted by Gasteiger charge is 2.39. The molecule has 3 rings (SSSR count). The zero-order valence-corrected chi connectivity index (χ0v) is 14.9. The molecule has 1 amide bonds. The molecule has 1 saturated carbocycles. The summed E-state index contributed by atoms with van der Waals surface area (Å²) in [5.41, 5.74) is 9.59. The van der Waals surface area contributed by atoms with Crippen molar-refractivity contribution in [2.24, 2.45) is 11.0 Å². The van der Waals surface area contributed by atoms with E-state index in [4.69, 9.17) is 5.53 Å². The minimum atomic E-state index is -0.257. The van der Waals surface area contributed by atoms with E-state index in [0.29, 0.717) is 23.0 Å². The second kappa shape index (κ2) is 6.27. The van der Waals surface area contributed by atoms with Gasteiger partial charge in [-0.25, -0.2) is 15.5 Å². The van der Waals surface area contributed by atoms with E-state index >= 15 is 0 Å². The molecule has 0 aromatic carbocycles. The molecule has 1 fully saturated rings. The Hall–Kier alpha value is -2.77. The third-order valence-corrected chi connectivity index (χ3v) is 4.61. The molecular weight excluding hydrogens is 318 g/mol. The zero-order chi connectivity index (χ0) is 18.2. The summed E-state index contributed by atoms with van der Waals surface area (Å²) < 4.78 is 1.77. The van der Waals surface area contributed by atoms with Gasteiger partial charge in [0.05, 0.1) is 5.69 Å². The molecule has 0 atom stereocenters. The fourth-order valence-corrected chi connectivity index (χ4v) is 2.97. The van der Waals surface area contributed by atoms with E-state index in [0.717, 1.165) is 18.5 Å². The van der Waals surface area contributed by atoms with Crippen molar-refractivity contribution in [3.63, 3.8) is 0 Å². The standard InChI is InChI=1S/C17H23N7O/c1-10-7-12(13(23-18)8-19-4)21-15-14(20-9-24(10)15)16(25)22-17(2,3)11-5-6-11/h7-9,11,18-19H,5-6H2,1-4H3,(H,22,25)/b13-8-,23-18?. The molecule has 0 aliphatic heterocycles. The molecule has 1 aliphatic rings. The molecule has 132 valence electrons. The molecule has 8 heteroatoms. The largest absolute Gasteiger partial charge is 0.392 e. The van der Waals surface area contributed by atoms with Crippen molar-refractivity contribution in [3.8, 4) is 0 Å². The highest BCUT2D eigenvalue weighted by Crippen LogP contribution is 2.39. The number of amides is 1. The van der Waals surface area contributed by atoms with Gasteiger partial charge < -0.3 is 10.6 Å². The van der Waals surface area contributed by atoms with Gasteiger partial charge >= 0.3 is 0 Å². The fourth-order valence-electron chi connectivity index (χ4n) is 2.97. The Morgan fingerprint density at radius 2 is 2.20 bits per heavy atom. The van der Waals surface area contributed by atoms with Crippen LogP contribution in [-0.4, -0.2) is 32.9 Å². The van der Waals surface area contributed by atoms with Crippen molar-refractivity contribution < 1.29 is 4.79 Å². The SMILES string of the molecule is CN/C=C(\N=N)c1cc(C)n2cnc(C(=O)NC(C)(C)C3CC3)c2n1. The number of aryl methyl sites for hydroxylation is 1. The number of hydrogen-bond donors (Lipinski definition) is 3. The van der Waals surface area contributed by atoms with Gasteiger partial charge in [-0.3, -0.25) is 9.20 Å². The molecule has 0 radical (unpaired) electrons. The van der Waals surface area contributed by atoms with Crippen LogP contribution in [0, 0.1) is 18.4 Å². The first kappa shape index (κ1) is 17.1. The minimum Gasteiger partial charge on any atom is -0.392 e. The molecule has 2 aromatic heterocycles. The summed E-state index contributed by atoms with van der Waals surface area (Å²) in [6.45, 7) is 5.98. The summed E-state index contributed by atoms with van der Waals surface area (Å²) >= 11 is 0. The van der Waals surface area contributed by atoms with Crippen molar-refractivity contribution in [3.05, 3.63) is 35.7 Å². The summed E-state index contributed by atoms with van der Waals surface area (Å²) in [7, 11) is 1.73. The van der Waals surface area contributed by atoms with Gasteiger partial charge in [-0.2, -0.15) is 5.11 Å². The molecule has 0 unspecified atom stereocenters. The Balaban J connectivity index is 2.01. The number of rotatable bonds is 6. The quantitative estimate of drug-likeness (QED) is 0.702. The van der Waals surface area contributed by atoms with Gasteiger partial charge in [-0.05, 0) is 45.6 Å². The molecule has 3 N–H and O–H groups in total. The van der Waals surface area contributed by atoms with E-state index in [9.17, 15) is 4.79 Å². The molecular formula is C17H23N7O. The number of carbonyl (C=O) groups is 1. The lowest BCUT2D eigenvalue weighted by atomic mass is 9.98. The Bertz CT molecular complexity index is 861. The second-order valence-electron chi connectivity index (χ2n) is 6.95. The second-order valence-corrected chi connectivity index (χ2v) is 6.95. The van der Waals surface area contributed by atoms with Crippen LogP contribution in [0.2, 0.25) is 0 Å². The molecule has 2 aromatic rings. The van der Waals surface area contributed by atoms with E-state index < -0.39 is 0 Å². The minimum absolute atomic E-state index is 0.231. The third-order valence-electron chi connectivity index (χ3n) is 4.61. The van der Waals surface area contributed by atoms with E-state index in [-0.39, 0.29) is 17.1 Å². The average Bonchev–Trinajstić information content (AvgIpc) is 3.33. The van der Waals surface area contributed by atoms with Crippen LogP contribution >= 0.6 is 0 Å². The molecule has 1 aliphatic carbocycles. The maximum absolute atomic E-state index is 12.7. The van der Waals surface area contributed by atoms with Crippen molar-refractivity contribution in [1.29, 1.82) is 5.53 Å². The Labute approximate surface area is 146 Å². The molecule has 0 saturated heterocycles. The average molecular weight is 341 g/mol. The first-order valence-corrected chi connectivity index (χ1v) is 8.30. The van der Waals surface area contributed by atoms with Crippen molar-refractivity contribution in [2.45, 2.75) is 39.2 Å². The zero-order valence-electron chi connectivity index (χ0n) is 14.9. The molecule has 8 nitrogen and oxygen atoms in total. The number of nitrogens with zero attached hydrogens (tertiary/aromatic N) is 4. The maximum Gasteiger partial charge on any atom is 0.274 e. The van der Waals surface area contributed by atoms with Crippen LogP contribution in [0.15, 0.2) is 23.7 Å². The van der Waals surface area contributed by atoms with Crippen molar-refractivity contribution in [1.82, 2.24) is 25.0 Å². The number of carbonyl (C=O) groups excluding carboxylic acids is 1. The van der Waals surface area contributed by atoms with Gasteiger partial charge in [-0.15, -0.1) is 0 Å². The lowest BCUT2D eigenvalue weighted by Crippen LogP contribution is -2.45. The van der Waals surface area contributed by atoms with Crippen LogP contribution in [0.1, 0.15) is 48.6 Å². The predicted octanol–water partition coefficient (Wildman–Crippen LogP) is 2.50. The highest BCUT2D eigenvalue weighted by molar-refractivity contribution is 5.98. The normalized spacial score (nSPS) is 15.3. The Kier molecular flexibility index (Phi) is 4.28. The smallest absolute Gasteiger partial charge is 0.274 e. The van der Waals surface area contributed by atoms with Crippen LogP contribution in [0.4, 0.5) is 0 Å². The summed E-state index contributed by atoms with van der Waals surface area (Å²) in [4.78, 5) is 21.5. The van der Waals surface area contributed by atoms with Gasteiger partial charge in [0.15, 0.2) is 11.3 Å². The van der Waals surface area contributed by atoms with Crippen LogP contribution < -0.4 is 10.6 Å². The highest BCUT2D eigenvalue weighted by atomic mass is 16.2. The summed E-state index contributed by atoms with van der Waals surface area (Å²) in [5, 5.41) is 9.43. The number of hydrogen-bond acceptors (Lipinski definition) is 6. The lowest BCUT2D eigenvalue weighted by molar-refractivity contribution is 0.0900. The van der Waals surface area contributed by atoms with Crippen LogP contribution in [0.5, 0.6) is 0 Å². The van der Waals surface area contributed by atoms with Gasteiger partial charge in [0.1, 0.15) is 12.0 Å². The van der Waals surface area contributed by atoms with Crippen LogP contribution in [0.25, 0.3) is 11.3 Å². The van der Waals surface area contributed by atoms with E-state index in [1.54, 1.807) is 24.0 Å². The van der Waals surface area contributed by atoms with Gasteiger partial charge in [-0.1, -0.05) is 0 Å². The number of fused-ring (bicyclic) bond motifs is 1. The topological polar surface area (TPSA) is 108 Å². The number of aromatic nitrogens is 3. The van der Waals surface area contributed by atoms with E-state index in [1.807, 2.05) is 26.8 Å². The van der Waals surface area contributed by atoms with Crippen LogP contribution in [-0.2, 0) is 0 Å². The Morgan fingerprint density at radius 1 is 1.48 bits per heavy atom. The Morgan fingerprint density at radius 3 is 2.80 bits per heavy atom. The molecule has 0 spiro atoms. The molecule has 2 heterocycles. The maximum atomic E-state index is 12.7. The van der Waals surface area contributed by atoms with Crippen LogP contribution in [0.3, 0.4) is 0 Å². The number of imidazole rings is 1. The number of nitrogens with one attached hydrogen (secondary N) is 3. The fraction of sp³-hybridized carbons (Fsp3) is 0.471. The first-order chi connectivity index (χ1) is 11.9. The van der Waals surface area contributed by atoms with Crippen molar-refractivity contribution in [2.75, 3.05) is 7.05 Å². The van der Waals surface area contributed by atoms with Crippen molar-refractivity contribution >= 4 is 17.3 Å². The molecule has 25 heavy (non-hydrogen) atoms. The van der Waals surface area contributed by atoms with E-state index in [2.05, 4.69) is 25.7 Å². The predicted molar refractivity (Wildman–Crippen MR) is 94.2 cm³/mol. The first-order valence-electron chi connectivity index (χ1n) is 8.30. The molecule has 0 bridgehead atoms. The third kappa shape index (κ3) is 3.24. The van der Waals surface area contributed by atoms with Gasteiger partial charge in [0.2, 0.25) is 0 Å². The summed E-state index contributed by atoms with van der Waals surface area (Å²) in [6, 6.07) is 1.81. The lowest BCUT2D eigenvalue weighted by Gasteiger charge is -2.25. The summed E-state index contributed by atoms with van der Waals surface area (Å²) in [5.74, 6) is 0.285.